The Bertz CT molecular complexity index is 914. The smallest absolute Gasteiger partial charge is 0.262 e. The first-order valence-electron chi connectivity index (χ1n) is 8.86. The van der Waals surface area contributed by atoms with Crippen LogP contribution in [0.15, 0.2) is 42.5 Å². The van der Waals surface area contributed by atoms with Crippen molar-refractivity contribution in [2.45, 2.75) is 6.42 Å². The van der Waals surface area contributed by atoms with Gasteiger partial charge in [-0.1, -0.05) is 23.2 Å². The Morgan fingerprint density at radius 2 is 1.79 bits per heavy atom. The molecule has 7 nitrogen and oxygen atoms in total. The number of rotatable bonds is 6. The molecule has 152 valence electrons. The van der Waals surface area contributed by atoms with E-state index in [-0.39, 0.29) is 36.7 Å². The number of benzene rings is 2. The zero-order chi connectivity index (χ0) is 21.0. The first kappa shape index (κ1) is 21.0. The average molecular weight is 436 g/mol. The van der Waals surface area contributed by atoms with E-state index in [1.807, 2.05) is 0 Å². The molecule has 1 aliphatic rings. The van der Waals surface area contributed by atoms with Crippen LogP contribution in [-0.2, 0) is 14.4 Å². The number of halogens is 2. The van der Waals surface area contributed by atoms with Crippen molar-refractivity contribution in [3.8, 4) is 5.75 Å². The normalized spacial score (nSPS) is 15.9. The number of nitrogens with one attached hydrogen (secondary N) is 2. The van der Waals surface area contributed by atoms with Gasteiger partial charge in [-0.3, -0.25) is 14.4 Å². The minimum Gasteiger partial charge on any atom is -0.484 e. The largest absolute Gasteiger partial charge is 0.484 e. The highest BCUT2D eigenvalue weighted by atomic mass is 35.5. The highest BCUT2D eigenvalue weighted by molar-refractivity contribution is 6.35. The van der Waals surface area contributed by atoms with Gasteiger partial charge in [-0.25, -0.2) is 0 Å². The van der Waals surface area contributed by atoms with Crippen LogP contribution < -0.4 is 20.3 Å². The monoisotopic (exact) mass is 435 g/mol. The molecule has 2 N–H and O–H groups in total. The van der Waals surface area contributed by atoms with Crippen LogP contribution in [0.3, 0.4) is 0 Å². The maximum atomic E-state index is 12.2. The number of nitrogens with zero attached hydrogens (tertiary/aromatic N) is 1. The molecule has 0 aliphatic carbocycles. The summed E-state index contributed by atoms with van der Waals surface area (Å²) in [6.07, 6.45) is 0.186. The number of carbonyl (C=O) groups excluding carboxylic acids is 3. The number of hydrogen-bond acceptors (Lipinski definition) is 4. The molecule has 0 saturated carbocycles. The Morgan fingerprint density at radius 1 is 1.14 bits per heavy atom. The van der Waals surface area contributed by atoms with Crippen LogP contribution in [0.25, 0.3) is 0 Å². The quantitative estimate of drug-likeness (QED) is 0.729. The van der Waals surface area contributed by atoms with Crippen molar-refractivity contribution in [1.29, 1.82) is 0 Å². The maximum absolute atomic E-state index is 12.2. The lowest BCUT2D eigenvalue weighted by molar-refractivity contribution is -0.125. The van der Waals surface area contributed by atoms with Gasteiger partial charge in [-0.05, 0) is 42.5 Å². The lowest BCUT2D eigenvalue weighted by atomic mass is 10.1. The van der Waals surface area contributed by atoms with Crippen LogP contribution in [-0.4, -0.2) is 37.9 Å². The van der Waals surface area contributed by atoms with E-state index in [0.29, 0.717) is 33.7 Å². The average Bonchev–Trinajstić information content (AvgIpc) is 3.07. The number of amides is 3. The number of hydrogen-bond donors (Lipinski definition) is 2. The van der Waals surface area contributed by atoms with Gasteiger partial charge in [-0.2, -0.15) is 0 Å². The lowest BCUT2D eigenvalue weighted by Gasteiger charge is -2.17. The van der Waals surface area contributed by atoms with E-state index in [4.69, 9.17) is 27.9 Å². The Morgan fingerprint density at radius 3 is 2.41 bits per heavy atom. The molecule has 1 saturated heterocycles. The molecule has 2 aromatic carbocycles. The van der Waals surface area contributed by atoms with Gasteiger partial charge in [0.15, 0.2) is 6.61 Å². The predicted molar refractivity (Wildman–Crippen MR) is 112 cm³/mol. The van der Waals surface area contributed by atoms with E-state index in [0.717, 1.165) is 0 Å². The van der Waals surface area contributed by atoms with Crippen molar-refractivity contribution in [3.63, 3.8) is 0 Å². The molecule has 2 aromatic rings. The zero-order valence-electron chi connectivity index (χ0n) is 15.6. The summed E-state index contributed by atoms with van der Waals surface area (Å²) >= 11 is 11.8. The first-order valence-corrected chi connectivity index (χ1v) is 9.62. The molecule has 29 heavy (non-hydrogen) atoms. The maximum Gasteiger partial charge on any atom is 0.262 e. The second-order valence-electron chi connectivity index (χ2n) is 6.51. The molecular formula is C20H19Cl2N3O4. The summed E-state index contributed by atoms with van der Waals surface area (Å²) in [6.45, 7) is 0.133. The minimum absolute atomic E-state index is 0.105. The van der Waals surface area contributed by atoms with Gasteiger partial charge in [0.1, 0.15) is 5.75 Å². The van der Waals surface area contributed by atoms with Crippen molar-refractivity contribution in [2.24, 2.45) is 5.92 Å². The van der Waals surface area contributed by atoms with Crippen LogP contribution in [0.2, 0.25) is 10.0 Å². The van der Waals surface area contributed by atoms with E-state index in [1.165, 1.54) is 0 Å². The molecule has 1 atom stereocenters. The van der Waals surface area contributed by atoms with Gasteiger partial charge in [0.05, 0.1) is 5.92 Å². The van der Waals surface area contributed by atoms with Crippen LogP contribution in [0.5, 0.6) is 5.75 Å². The van der Waals surface area contributed by atoms with Crippen LogP contribution in [0.1, 0.15) is 6.42 Å². The molecule has 9 heteroatoms. The minimum atomic E-state index is -0.365. The van der Waals surface area contributed by atoms with Crippen molar-refractivity contribution in [3.05, 3.63) is 52.5 Å². The molecule has 0 unspecified atom stereocenters. The van der Waals surface area contributed by atoms with Gasteiger partial charge in [-0.15, -0.1) is 0 Å². The van der Waals surface area contributed by atoms with Crippen molar-refractivity contribution >= 4 is 52.3 Å². The van der Waals surface area contributed by atoms with Crippen molar-refractivity contribution < 1.29 is 19.1 Å². The summed E-state index contributed by atoms with van der Waals surface area (Å²) in [5.41, 5.74) is 1.15. The fourth-order valence-corrected chi connectivity index (χ4v) is 3.56. The SMILES string of the molecule is CNC(=O)[C@@H]1CC(=O)N(c2ccc(OCC(=O)Nc3cc(Cl)cc(Cl)c3)cc2)C1. The third kappa shape index (κ3) is 5.40. The number of anilines is 2. The molecule has 0 bridgehead atoms. The van der Waals surface area contributed by atoms with Gasteiger partial charge < -0.3 is 20.3 Å². The molecule has 1 fully saturated rings. The van der Waals surface area contributed by atoms with E-state index in [1.54, 1.807) is 54.4 Å². The summed E-state index contributed by atoms with van der Waals surface area (Å²) in [4.78, 5) is 37.5. The Hall–Kier alpha value is -2.77. The van der Waals surface area contributed by atoms with Gasteiger partial charge >= 0.3 is 0 Å². The Kier molecular flexibility index (Phi) is 6.61. The van der Waals surface area contributed by atoms with Gasteiger partial charge in [0.25, 0.3) is 5.91 Å². The molecule has 1 heterocycles. The Balaban J connectivity index is 1.55. The molecule has 0 radical (unpaired) electrons. The fourth-order valence-electron chi connectivity index (χ4n) is 3.03. The highest BCUT2D eigenvalue weighted by Crippen LogP contribution is 2.27. The molecule has 0 spiro atoms. The zero-order valence-corrected chi connectivity index (χ0v) is 17.1. The summed E-state index contributed by atoms with van der Waals surface area (Å²) in [5, 5.41) is 6.05. The number of ether oxygens (including phenoxy) is 1. The van der Waals surface area contributed by atoms with E-state index in [9.17, 15) is 14.4 Å². The third-order valence-electron chi connectivity index (χ3n) is 4.41. The molecule has 3 rings (SSSR count). The summed E-state index contributed by atoms with van der Waals surface area (Å²) in [5.74, 6) is -0.496. The molecular weight excluding hydrogens is 417 g/mol. The first-order chi connectivity index (χ1) is 13.9. The van der Waals surface area contributed by atoms with Crippen molar-refractivity contribution in [2.75, 3.05) is 30.4 Å². The predicted octanol–water partition coefficient (Wildman–Crippen LogP) is 3.11. The summed E-state index contributed by atoms with van der Waals surface area (Å²) in [6, 6.07) is 11.5. The molecule has 3 amide bonds. The van der Waals surface area contributed by atoms with Crippen LogP contribution in [0.4, 0.5) is 11.4 Å². The van der Waals surface area contributed by atoms with Crippen molar-refractivity contribution in [1.82, 2.24) is 5.32 Å². The van der Waals surface area contributed by atoms with E-state index >= 15 is 0 Å². The fraction of sp³-hybridized carbons (Fsp3) is 0.250. The number of carbonyl (C=O) groups is 3. The molecule has 0 aromatic heterocycles. The van der Waals surface area contributed by atoms with E-state index in [2.05, 4.69) is 10.6 Å². The second kappa shape index (κ2) is 9.15. The highest BCUT2D eigenvalue weighted by Gasteiger charge is 2.34. The lowest BCUT2D eigenvalue weighted by Crippen LogP contribution is -2.30. The summed E-state index contributed by atoms with van der Waals surface area (Å²) in [7, 11) is 1.55. The standard InChI is InChI=1S/C20H19Cl2N3O4/c1-23-20(28)12-6-19(27)25(10-12)16-2-4-17(5-3-16)29-11-18(26)24-15-8-13(21)7-14(22)9-15/h2-5,7-9,12H,6,10-11H2,1H3,(H,23,28)(H,24,26)/t12-/m1/s1. The van der Waals surface area contributed by atoms with E-state index < -0.39 is 0 Å². The van der Waals surface area contributed by atoms with Gasteiger partial charge in [0, 0.05) is 41.4 Å². The third-order valence-corrected chi connectivity index (χ3v) is 4.84. The molecule has 1 aliphatic heterocycles. The van der Waals surface area contributed by atoms with Crippen LogP contribution in [0, 0.1) is 5.92 Å². The van der Waals surface area contributed by atoms with Crippen LogP contribution >= 0.6 is 23.2 Å². The van der Waals surface area contributed by atoms with Gasteiger partial charge in [0.2, 0.25) is 11.8 Å². The second-order valence-corrected chi connectivity index (χ2v) is 7.38. The Labute approximate surface area is 177 Å². The summed E-state index contributed by atoms with van der Waals surface area (Å²) < 4.78 is 5.48. The topological polar surface area (TPSA) is 87.7 Å².